The van der Waals surface area contributed by atoms with E-state index in [0.717, 1.165) is 19.0 Å². The van der Waals surface area contributed by atoms with Crippen LogP contribution in [0.4, 0.5) is 5.69 Å². The molecular weight excluding hydrogens is 208 g/mol. The molecule has 0 saturated carbocycles. The molecule has 1 aliphatic rings. The lowest BCUT2D eigenvalue weighted by Crippen LogP contribution is -2.39. The van der Waals surface area contributed by atoms with Crippen molar-refractivity contribution in [3.63, 3.8) is 0 Å². The predicted octanol–water partition coefficient (Wildman–Crippen LogP) is 2.96. The Kier molecular flexibility index (Phi) is 4.43. The van der Waals surface area contributed by atoms with Gasteiger partial charge in [-0.2, -0.15) is 0 Å². The Balaban J connectivity index is 2.09. The Labute approximate surface area is 105 Å². The van der Waals surface area contributed by atoms with Crippen molar-refractivity contribution < 1.29 is 0 Å². The van der Waals surface area contributed by atoms with E-state index in [0.29, 0.717) is 0 Å². The van der Waals surface area contributed by atoms with Gasteiger partial charge in [0.1, 0.15) is 0 Å². The number of rotatable bonds is 4. The maximum atomic E-state index is 5.57. The number of nitrogens with two attached hydrogens (primary N) is 1. The van der Waals surface area contributed by atoms with E-state index >= 15 is 0 Å². The van der Waals surface area contributed by atoms with Gasteiger partial charge in [-0.1, -0.05) is 19.1 Å². The van der Waals surface area contributed by atoms with Gasteiger partial charge in [0.05, 0.1) is 0 Å². The average molecular weight is 232 g/mol. The number of benzene rings is 1. The second kappa shape index (κ2) is 6.06. The number of piperidine rings is 1. The lowest BCUT2D eigenvalue weighted by atomic mass is 9.99. The summed E-state index contributed by atoms with van der Waals surface area (Å²) >= 11 is 0. The van der Waals surface area contributed by atoms with Crippen molar-refractivity contribution in [3.8, 4) is 0 Å². The first-order chi connectivity index (χ1) is 8.35. The fourth-order valence-electron chi connectivity index (χ4n) is 2.79. The average Bonchev–Trinajstić information content (AvgIpc) is 2.40. The molecule has 1 saturated heterocycles. The third kappa shape index (κ3) is 3.01. The summed E-state index contributed by atoms with van der Waals surface area (Å²) in [5.41, 5.74) is 8.31. The van der Waals surface area contributed by atoms with Crippen LogP contribution in [-0.4, -0.2) is 19.1 Å². The Morgan fingerprint density at radius 3 is 2.65 bits per heavy atom. The highest BCUT2D eigenvalue weighted by Crippen LogP contribution is 2.26. The SMILES string of the molecule is CCC1CCCCN1c1ccc(CCN)cc1. The van der Waals surface area contributed by atoms with Crippen LogP contribution in [0.3, 0.4) is 0 Å². The van der Waals surface area contributed by atoms with Gasteiger partial charge in [-0.3, -0.25) is 0 Å². The topological polar surface area (TPSA) is 29.3 Å². The van der Waals surface area contributed by atoms with Gasteiger partial charge in [0.15, 0.2) is 0 Å². The molecule has 17 heavy (non-hydrogen) atoms. The van der Waals surface area contributed by atoms with Crippen LogP contribution >= 0.6 is 0 Å². The standard InChI is InChI=1S/C15H24N2/c1-2-14-5-3-4-12-17(14)15-8-6-13(7-9-15)10-11-16/h6-9,14H,2-5,10-12,16H2,1H3. The van der Waals surface area contributed by atoms with Gasteiger partial charge >= 0.3 is 0 Å². The van der Waals surface area contributed by atoms with Gasteiger partial charge in [0, 0.05) is 18.3 Å². The van der Waals surface area contributed by atoms with Gasteiger partial charge in [0.25, 0.3) is 0 Å². The fourth-order valence-corrected chi connectivity index (χ4v) is 2.79. The molecule has 0 spiro atoms. The summed E-state index contributed by atoms with van der Waals surface area (Å²) in [7, 11) is 0. The summed E-state index contributed by atoms with van der Waals surface area (Å²) in [4.78, 5) is 2.58. The van der Waals surface area contributed by atoms with Crippen molar-refractivity contribution in [1.29, 1.82) is 0 Å². The van der Waals surface area contributed by atoms with Crippen molar-refractivity contribution in [2.45, 2.75) is 45.1 Å². The lowest BCUT2D eigenvalue weighted by Gasteiger charge is -2.37. The second-order valence-electron chi connectivity index (χ2n) is 4.96. The molecule has 1 atom stereocenters. The smallest absolute Gasteiger partial charge is 0.0368 e. The molecule has 1 aromatic carbocycles. The van der Waals surface area contributed by atoms with Gasteiger partial charge in [-0.25, -0.2) is 0 Å². The van der Waals surface area contributed by atoms with Crippen LogP contribution < -0.4 is 10.6 Å². The summed E-state index contributed by atoms with van der Waals surface area (Å²) in [5.74, 6) is 0. The Morgan fingerprint density at radius 1 is 1.24 bits per heavy atom. The highest BCUT2D eigenvalue weighted by molar-refractivity contribution is 5.49. The summed E-state index contributed by atoms with van der Waals surface area (Å²) in [6.45, 7) is 4.25. The van der Waals surface area contributed by atoms with Gasteiger partial charge in [-0.15, -0.1) is 0 Å². The molecule has 0 bridgehead atoms. The molecule has 1 fully saturated rings. The van der Waals surface area contributed by atoms with Crippen molar-refractivity contribution in [2.75, 3.05) is 18.0 Å². The number of nitrogens with zero attached hydrogens (tertiary/aromatic N) is 1. The zero-order chi connectivity index (χ0) is 12.1. The molecule has 1 aromatic rings. The maximum Gasteiger partial charge on any atom is 0.0368 e. The van der Waals surface area contributed by atoms with Crippen molar-refractivity contribution >= 4 is 5.69 Å². The van der Waals surface area contributed by atoms with Crippen LogP contribution in [0.15, 0.2) is 24.3 Å². The molecule has 2 nitrogen and oxygen atoms in total. The quantitative estimate of drug-likeness (QED) is 0.865. The molecular formula is C15H24N2. The molecule has 2 N–H and O–H groups in total. The van der Waals surface area contributed by atoms with E-state index < -0.39 is 0 Å². The molecule has 0 aliphatic carbocycles. The van der Waals surface area contributed by atoms with Crippen LogP contribution in [0, 0.1) is 0 Å². The number of anilines is 1. The second-order valence-corrected chi connectivity index (χ2v) is 4.96. The Morgan fingerprint density at radius 2 is 2.00 bits per heavy atom. The number of hydrogen-bond donors (Lipinski definition) is 1. The zero-order valence-corrected chi connectivity index (χ0v) is 10.9. The molecule has 1 aliphatic heterocycles. The first-order valence-electron chi connectivity index (χ1n) is 6.90. The Bertz CT molecular complexity index is 331. The van der Waals surface area contributed by atoms with E-state index in [2.05, 4.69) is 36.1 Å². The summed E-state index contributed by atoms with van der Waals surface area (Å²) in [6, 6.07) is 9.72. The van der Waals surface area contributed by atoms with E-state index in [1.807, 2.05) is 0 Å². The van der Waals surface area contributed by atoms with E-state index in [9.17, 15) is 0 Å². The van der Waals surface area contributed by atoms with Crippen LogP contribution in [0.2, 0.25) is 0 Å². The lowest BCUT2D eigenvalue weighted by molar-refractivity contribution is 0.450. The Hall–Kier alpha value is -1.02. The summed E-state index contributed by atoms with van der Waals surface area (Å²) < 4.78 is 0. The molecule has 0 radical (unpaired) electrons. The first-order valence-corrected chi connectivity index (χ1v) is 6.90. The van der Waals surface area contributed by atoms with E-state index in [1.165, 1.54) is 43.5 Å². The summed E-state index contributed by atoms with van der Waals surface area (Å²) in [6.07, 6.45) is 6.31. The van der Waals surface area contributed by atoms with Crippen LogP contribution in [0.1, 0.15) is 38.2 Å². The van der Waals surface area contributed by atoms with Crippen molar-refractivity contribution in [1.82, 2.24) is 0 Å². The fraction of sp³-hybridized carbons (Fsp3) is 0.600. The molecule has 94 valence electrons. The first kappa shape index (κ1) is 12.4. The maximum absolute atomic E-state index is 5.57. The van der Waals surface area contributed by atoms with Crippen molar-refractivity contribution in [3.05, 3.63) is 29.8 Å². The monoisotopic (exact) mass is 232 g/mol. The van der Waals surface area contributed by atoms with Crippen LogP contribution in [0.25, 0.3) is 0 Å². The minimum absolute atomic E-state index is 0.737. The highest BCUT2D eigenvalue weighted by atomic mass is 15.2. The third-order valence-corrected chi connectivity index (χ3v) is 3.80. The predicted molar refractivity (Wildman–Crippen MR) is 74.5 cm³/mol. The molecule has 1 unspecified atom stereocenters. The minimum Gasteiger partial charge on any atom is -0.369 e. The summed E-state index contributed by atoms with van der Waals surface area (Å²) in [5, 5.41) is 0. The normalized spacial score (nSPS) is 20.6. The molecule has 2 heteroatoms. The van der Waals surface area contributed by atoms with Gasteiger partial charge in [-0.05, 0) is 56.3 Å². The van der Waals surface area contributed by atoms with Crippen LogP contribution in [0.5, 0.6) is 0 Å². The molecule has 1 heterocycles. The van der Waals surface area contributed by atoms with E-state index in [4.69, 9.17) is 5.73 Å². The highest BCUT2D eigenvalue weighted by Gasteiger charge is 2.20. The van der Waals surface area contributed by atoms with Gasteiger partial charge in [0.2, 0.25) is 0 Å². The van der Waals surface area contributed by atoms with E-state index in [1.54, 1.807) is 0 Å². The van der Waals surface area contributed by atoms with Gasteiger partial charge < -0.3 is 10.6 Å². The largest absolute Gasteiger partial charge is 0.369 e. The number of hydrogen-bond acceptors (Lipinski definition) is 2. The zero-order valence-electron chi connectivity index (χ0n) is 10.9. The molecule has 0 amide bonds. The third-order valence-electron chi connectivity index (χ3n) is 3.80. The molecule has 2 rings (SSSR count). The van der Waals surface area contributed by atoms with Crippen molar-refractivity contribution in [2.24, 2.45) is 5.73 Å². The van der Waals surface area contributed by atoms with E-state index in [-0.39, 0.29) is 0 Å². The molecule has 0 aromatic heterocycles. The minimum atomic E-state index is 0.737. The van der Waals surface area contributed by atoms with Crippen LogP contribution in [-0.2, 0) is 6.42 Å².